The molecule has 3 heterocycles. The molecule has 0 radical (unpaired) electrons. The number of carbonyl (C=O) groups is 4. The lowest BCUT2D eigenvalue weighted by Gasteiger charge is -2.49. The number of nitrogens with zero attached hydrogens (tertiary/aromatic N) is 1. The average Bonchev–Trinajstić information content (AvgIpc) is 3.35. The summed E-state index contributed by atoms with van der Waals surface area (Å²) in [5.41, 5.74) is 2.62. The highest BCUT2D eigenvalue weighted by Crippen LogP contribution is 2.42. The molecule has 0 aromatic heterocycles. The van der Waals surface area contributed by atoms with Crippen molar-refractivity contribution in [3.8, 4) is 0 Å². The van der Waals surface area contributed by atoms with Crippen molar-refractivity contribution in [1.82, 2.24) is 10.2 Å². The van der Waals surface area contributed by atoms with E-state index >= 15 is 0 Å². The Morgan fingerprint density at radius 2 is 1.56 bits per heavy atom. The fourth-order valence-corrected chi connectivity index (χ4v) is 6.39. The quantitative estimate of drug-likeness (QED) is 0.291. The zero-order valence-corrected chi connectivity index (χ0v) is 24.0. The maximum absolute atomic E-state index is 14.0. The summed E-state index contributed by atoms with van der Waals surface area (Å²) in [6, 6.07) is 27.0. The molecule has 3 atom stereocenters. The molecule has 10 heteroatoms. The van der Waals surface area contributed by atoms with Gasteiger partial charge in [0.2, 0.25) is 5.91 Å². The lowest BCUT2D eigenvalue weighted by molar-refractivity contribution is -0.158. The van der Waals surface area contributed by atoms with Crippen molar-refractivity contribution in [3.05, 3.63) is 131 Å². The zero-order valence-electron chi connectivity index (χ0n) is 23.2. The lowest BCUT2D eigenvalue weighted by atomic mass is 10.0. The van der Waals surface area contributed by atoms with E-state index in [9.17, 15) is 19.2 Å². The van der Waals surface area contributed by atoms with Crippen molar-refractivity contribution < 1.29 is 33.4 Å². The van der Waals surface area contributed by atoms with Gasteiger partial charge in [0, 0.05) is 11.6 Å². The maximum atomic E-state index is 14.0. The van der Waals surface area contributed by atoms with Gasteiger partial charge < -0.3 is 19.5 Å². The van der Waals surface area contributed by atoms with Crippen LogP contribution in [0.1, 0.15) is 29.7 Å². The highest BCUT2D eigenvalue weighted by atomic mass is 32.2. The summed E-state index contributed by atoms with van der Waals surface area (Å²) < 4.78 is 17.3. The minimum atomic E-state index is -1.04. The largest absolute Gasteiger partial charge is 0.452 e. The number of carbonyl (C=O) groups excluding carboxylic acids is 4. The standard InChI is InChI=1S/C33H28N2O7S/c1-20-17-26(41-32(20)38)40-24-19-43-31-27(34-25(36)18-21-11-5-2-6-12-21)30(37)35(31)28(24)33(39)42-29(22-13-7-3-8-14-22)23-15-9-4-10-16-23/h2-17,26-27,29,31H,18-19H2,1H3,(H,34,36)/t26?,27-,31+/m1/s1. The number of fused-ring (bicyclic) bond motifs is 1. The van der Waals surface area contributed by atoms with Gasteiger partial charge in [-0.25, -0.2) is 9.59 Å². The second-order valence-corrected chi connectivity index (χ2v) is 11.3. The van der Waals surface area contributed by atoms with Crippen LogP contribution in [0.5, 0.6) is 0 Å². The summed E-state index contributed by atoms with van der Waals surface area (Å²) >= 11 is 1.34. The molecule has 0 spiro atoms. The van der Waals surface area contributed by atoms with Gasteiger partial charge in [0.25, 0.3) is 12.2 Å². The van der Waals surface area contributed by atoms with Gasteiger partial charge in [-0.2, -0.15) is 0 Å². The monoisotopic (exact) mass is 596 g/mol. The van der Waals surface area contributed by atoms with Crippen LogP contribution in [0, 0.1) is 0 Å². The molecule has 0 aliphatic carbocycles. The average molecular weight is 597 g/mol. The minimum Gasteiger partial charge on any atom is -0.452 e. The van der Waals surface area contributed by atoms with E-state index in [0.717, 1.165) is 16.7 Å². The molecule has 3 aromatic rings. The number of rotatable bonds is 9. The number of hydrogen-bond acceptors (Lipinski definition) is 8. The molecule has 3 aromatic carbocycles. The van der Waals surface area contributed by atoms with E-state index in [2.05, 4.69) is 5.32 Å². The first-order valence-electron chi connectivity index (χ1n) is 13.8. The molecule has 0 saturated carbocycles. The Hall–Kier alpha value is -4.83. The van der Waals surface area contributed by atoms with Gasteiger partial charge in [0.1, 0.15) is 17.2 Å². The second-order valence-electron chi connectivity index (χ2n) is 10.2. The third-order valence-corrected chi connectivity index (χ3v) is 8.52. The molecule has 3 aliphatic rings. The van der Waals surface area contributed by atoms with E-state index < -0.39 is 41.7 Å². The van der Waals surface area contributed by atoms with Crippen molar-refractivity contribution in [2.24, 2.45) is 0 Å². The molecule has 6 rings (SSSR count). The molecule has 43 heavy (non-hydrogen) atoms. The lowest BCUT2D eigenvalue weighted by Crippen LogP contribution is -2.70. The predicted octanol–water partition coefficient (Wildman–Crippen LogP) is 4.02. The molecule has 1 N–H and O–H groups in total. The second kappa shape index (κ2) is 12.2. The Kier molecular flexibility index (Phi) is 8.02. The molecule has 3 aliphatic heterocycles. The molecular formula is C33H28N2O7S. The number of β-lactam (4-membered cyclic amide) rings is 1. The number of amides is 2. The summed E-state index contributed by atoms with van der Waals surface area (Å²) in [6.07, 6.45) is -0.174. The van der Waals surface area contributed by atoms with Gasteiger partial charge >= 0.3 is 11.9 Å². The summed E-state index contributed by atoms with van der Waals surface area (Å²) in [6.45, 7) is 1.60. The highest BCUT2D eigenvalue weighted by molar-refractivity contribution is 8.00. The summed E-state index contributed by atoms with van der Waals surface area (Å²) in [5.74, 6) is -1.72. The van der Waals surface area contributed by atoms with Crippen LogP contribution >= 0.6 is 11.8 Å². The van der Waals surface area contributed by atoms with Crippen molar-refractivity contribution in [1.29, 1.82) is 0 Å². The van der Waals surface area contributed by atoms with Crippen molar-refractivity contribution in [2.45, 2.75) is 37.2 Å². The first kappa shape index (κ1) is 28.3. The first-order chi connectivity index (χ1) is 20.9. The van der Waals surface area contributed by atoms with E-state index in [1.165, 1.54) is 22.7 Å². The fourth-order valence-electron chi connectivity index (χ4n) is 5.13. The molecule has 1 unspecified atom stereocenters. The van der Waals surface area contributed by atoms with Gasteiger partial charge in [-0.1, -0.05) is 91.0 Å². The summed E-state index contributed by atoms with van der Waals surface area (Å²) in [5, 5.41) is 2.28. The van der Waals surface area contributed by atoms with Crippen molar-refractivity contribution >= 4 is 35.5 Å². The van der Waals surface area contributed by atoms with E-state index in [1.54, 1.807) is 6.92 Å². The van der Waals surface area contributed by atoms with Gasteiger partial charge in [0.05, 0.1) is 12.2 Å². The number of ether oxygens (including phenoxy) is 3. The predicted molar refractivity (Wildman–Crippen MR) is 158 cm³/mol. The Bertz CT molecular complexity index is 1570. The number of thioether (sulfide) groups is 1. The molecule has 0 bridgehead atoms. The normalized spacial score (nSPS) is 21.0. The van der Waals surface area contributed by atoms with Crippen LogP contribution in [0.25, 0.3) is 0 Å². The van der Waals surface area contributed by atoms with Gasteiger partial charge in [-0.05, 0) is 23.6 Å². The zero-order chi connectivity index (χ0) is 29.9. The molecule has 218 valence electrons. The molecule has 2 amide bonds. The van der Waals surface area contributed by atoms with E-state index in [4.69, 9.17) is 14.2 Å². The van der Waals surface area contributed by atoms with E-state index in [0.29, 0.717) is 5.57 Å². The Labute approximate surface area is 252 Å². The Morgan fingerprint density at radius 1 is 0.953 bits per heavy atom. The fraction of sp³-hybridized carbons (Fsp3) is 0.212. The maximum Gasteiger partial charge on any atom is 0.359 e. The van der Waals surface area contributed by atoms with Gasteiger partial charge in [0.15, 0.2) is 11.8 Å². The third-order valence-electron chi connectivity index (χ3n) is 7.27. The van der Waals surface area contributed by atoms with Crippen LogP contribution in [-0.2, 0) is 39.8 Å². The smallest absolute Gasteiger partial charge is 0.359 e. The van der Waals surface area contributed by atoms with Crippen LogP contribution in [0.2, 0.25) is 0 Å². The third kappa shape index (κ3) is 5.91. The number of benzene rings is 3. The molecule has 1 saturated heterocycles. The molecule has 1 fully saturated rings. The number of nitrogens with one attached hydrogen (secondary N) is 1. The summed E-state index contributed by atoms with van der Waals surface area (Å²) in [4.78, 5) is 53.6. The minimum absolute atomic E-state index is 0.0758. The highest BCUT2D eigenvalue weighted by Gasteiger charge is 2.55. The van der Waals surface area contributed by atoms with E-state index in [-0.39, 0.29) is 29.5 Å². The van der Waals surface area contributed by atoms with Crippen LogP contribution in [0.3, 0.4) is 0 Å². The van der Waals surface area contributed by atoms with Crippen molar-refractivity contribution in [3.63, 3.8) is 0 Å². The topological polar surface area (TPSA) is 111 Å². The van der Waals surface area contributed by atoms with Crippen LogP contribution in [0.4, 0.5) is 0 Å². The molecule has 9 nitrogen and oxygen atoms in total. The van der Waals surface area contributed by atoms with E-state index in [1.807, 2.05) is 91.0 Å². The summed E-state index contributed by atoms with van der Waals surface area (Å²) in [7, 11) is 0. The Balaban J connectivity index is 1.28. The number of esters is 2. The Morgan fingerprint density at radius 3 is 2.14 bits per heavy atom. The van der Waals surface area contributed by atoms with Crippen LogP contribution < -0.4 is 5.32 Å². The molecular weight excluding hydrogens is 568 g/mol. The first-order valence-corrected chi connectivity index (χ1v) is 14.8. The number of cyclic esters (lactones) is 1. The SMILES string of the molecule is CC1=CC(OC2=C(C(=O)OC(c3ccccc3)c3ccccc3)N3C(=O)[C@@H](NC(=O)Cc4ccccc4)[C@@H]3SC2)OC1=O. The van der Waals surface area contributed by atoms with Crippen molar-refractivity contribution in [2.75, 3.05) is 5.75 Å². The van der Waals surface area contributed by atoms with Gasteiger partial charge in [-0.15, -0.1) is 11.8 Å². The number of hydrogen-bond donors (Lipinski definition) is 1. The van der Waals surface area contributed by atoms with Crippen LogP contribution in [0.15, 0.2) is 114 Å². The van der Waals surface area contributed by atoms with Crippen LogP contribution in [-0.4, -0.2) is 52.1 Å². The van der Waals surface area contributed by atoms with Gasteiger partial charge in [-0.3, -0.25) is 14.5 Å².